The van der Waals surface area contributed by atoms with Gasteiger partial charge in [-0.05, 0) is 6.92 Å². The third-order valence-corrected chi connectivity index (χ3v) is 2.84. The minimum absolute atomic E-state index is 0.322. The Bertz CT molecular complexity index is 568. The number of aryl methyl sites for hydroxylation is 1. The van der Waals surface area contributed by atoms with Crippen molar-refractivity contribution in [3.05, 3.63) is 22.2 Å². The number of aliphatic carboxylic acids is 1. The molecule has 8 heteroatoms. The van der Waals surface area contributed by atoms with E-state index in [4.69, 9.17) is 5.11 Å². The summed E-state index contributed by atoms with van der Waals surface area (Å²) in [7, 11) is 0. The first-order valence-electron chi connectivity index (χ1n) is 5.81. The van der Waals surface area contributed by atoms with Gasteiger partial charge in [-0.25, -0.2) is 4.98 Å². The maximum absolute atomic E-state index is 11.8. The van der Waals surface area contributed by atoms with Crippen molar-refractivity contribution < 1.29 is 14.7 Å². The van der Waals surface area contributed by atoms with Crippen LogP contribution in [0, 0.1) is 6.92 Å². The van der Waals surface area contributed by atoms with Crippen LogP contribution in [0.2, 0.25) is 0 Å². The lowest BCUT2D eigenvalue weighted by Crippen LogP contribution is -2.56. The molecule has 0 bridgehead atoms. The van der Waals surface area contributed by atoms with Crippen LogP contribution in [0.5, 0.6) is 0 Å². The van der Waals surface area contributed by atoms with Crippen molar-refractivity contribution in [1.82, 2.24) is 15.3 Å². The molecule has 0 aromatic carbocycles. The van der Waals surface area contributed by atoms with Crippen LogP contribution in [0.15, 0.2) is 10.9 Å². The molecular formula is C11H14N4O4. The van der Waals surface area contributed by atoms with Crippen molar-refractivity contribution in [2.45, 2.75) is 19.4 Å². The first-order chi connectivity index (χ1) is 8.97. The fraction of sp³-hybridized carbons (Fsp3) is 0.455. The Labute approximate surface area is 108 Å². The molecule has 0 radical (unpaired) electrons. The van der Waals surface area contributed by atoms with Gasteiger partial charge in [0, 0.05) is 19.2 Å². The van der Waals surface area contributed by atoms with Gasteiger partial charge in [0.1, 0.15) is 17.7 Å². The Balaban J connectivity index is 2.36. The second-order valence-electron chi connectivity index (χ2n) is 4.29. The smallest absolute Gasteiger partial charge is 0.305 e. The van der Waals surface area contributed by atoms with Gasteiger partial charge in [-0.3, -0.25) is 14.4 Å². The van der Waals surface area contributed by atoms with Crippen molar-refractivity contribution in [3.63, 3.8) is 0 Å². The van der Waals surface area contributed by atoms with Crippen molar-refractivity contribution >= 4 is 17.7 Å². The van der Waals surface area contributed by atoms with Gasteiger partial charge >= 0.3 is 5.97 Å². The van der Waals surface area contributed by atoms with Crippen LogP contribution in [-0.2, 0) is 9.59 Å². The molecule has 1 aliphatic heterocycles. The first-order valence-corrected chi connectivity index (χ1v) is 5.81. The maximum Gasteiger partial charge on any atom is 0.305 e. The van der Waals surface area contributed by atoms with Crippen LogP contribution in [0.3, 0.4) is 0 Å². The zero-order valence-electron chi connectivity index (χ0n) is 10.3. The summed E-state index contributed by atoms with van der Waals surface area (Å²) in [4.78, 5) is 42.2. The van der Waals surface area contributed by atoms with E-state index in [2.05, 4.69) is 15.3 Å². The Morgan fingerprint density at radius 2 is 2.32 bits per heavy atom. The Hall–Kier alpha value is -2.38. The molecule has 1 saturated heterocycles. The lowest BCUT2D eigenvalue weighted by molar-refractivity contribution is -0.139. The summed E-state index contributed by atoms with van der Waals surface area (Å²) in [6.45, 7) is 2.43. The molecule has 19 heavy (non-hydrogen) atoms. The van der Waals surface area contributed by atoms with E-state index in [1.807, 2.05) is 0 Å². The summed E-state index contributed by atoms with van der Waals surface area (Å²) in [6.07, 6.45) is -0.334. The fourth-order valence-corrected chi connectivity index (χ4v) is 2.07. The second-order valence-corrected chi connectivity index (χ2v) is 4.29. The number of amides is 1. The Kier molecular flexibility index (Phi) is 3.50. The van der Waals surface area contributed by atoms with E-state index >= 15 is 0 Å². The van der Waals surface area contributed by atoms with E-state index in [1.54, 1.807) is 11.8 Å². The minimum atomic E-state index is -1.08. The van der Waals surface area contributed by atoms with E-state index in [1.165, 1.54) is 6.07 Å². The van der Waals surface area contributed by atoms with Gasteiger partial charge in [-0.15, -0.1) is 0 Å². The molecule has 0 spiro atoms. The summed E-state index contributed by atoms with van der Waals surface area (Å²) < 4.78 is 0. The average Bonchev–Trinajstić information content (AvgIpc) is 2.30. The predicted molar refractivity (Wildman–Crippen MR) is 66.0 cm³/mol. The van der Waals surface area contributed by atoms with Crippen LogP contribution in [-0.4, -0.2) is 46.1 Å². The molecule has 0 saturated carbocycles. The summed E-state index contributed by atoms with van der Waals surface area (Å²) in [6, 6.07) is 0.417. The lowest BCUT2D eigenvalue weighted by atomic mass is 10.1. The van der Waals surface area contributed by atoms with Gasteiger partial charge in [0.15, 0.2) is 0 Å². The number of hydrogen-bond acceptors (Lipinski definition) is 5. The van der Waals surface area contributed by atoms with Gasteiger partial charge < -0.3 is 20.3 Å². The number of aromatic nitrogens is 2. The van der Waals surface area contributed by atoms with Crippen molar-refractivity contribution in [2.75, 3.05) is 18.0 Å². The summed E-state index contributed by atoms with van der Waals surface area (Å²) >= 11 is 0. The van der Waals surface area contributed by atoms with Crippen molar-refractivity contribution in [3.8, 4) is 0 Å². The van der Waals surface area contributed by atoms with Crippen LogP contribution in [0.1, 0.15) is 12.2 Å². The number of anilines is 1. The van der Waals surface area contributed by atoms with Crippen LogP contribution in [0.25, 0.3) is 0 Å². The zero-order chi connectivity index (χ0) is 14.0. The van der Waals surface area contributed by atoms with E-state index < -0.39 is 12.0 Å². The molecule has 1 atom stereocenters. The Morgan fingerprint density at radius 1 is 1.58 bits per heavy atom. The monoisotopic (exact) mass is 266 g/mol. The zero-order valence-corrected chi connectivity index (χ0v) is 10.3. The molecule has 1 unspecified atom stereocenters. The van der Waals surface area contributed by atoms with Gasteiger partial charge in [0.05, 0.1) is 6.42 Å². The van der Waals surface area contributed by atoms with Gasteiger partial charge in [-0.2, -0.15) is 0 Å². The van der Waals surface area contributed by atoms with Gasteiger partial charge in [0.2, 0.25) is 5.91 Å². The summed E-state index contributed by atoms with van der Waals surface area (Å²) in [5.41, 5.74) is -0.331. The third kappa shape index (κ3) is 2.90. The van der Waals surface area contributed by atoms with Crippen LogP contribution >= 0.6 is 0 Å². The highest BCUT2D eigenvalue weighted by atomic mass is 16.4. The molecular weight excluding hydrogens is 252 g/mol. The standard InChI is InChI=1S/C11H14N4O4/c1-6-13-8(5-9(16)14-6)15-3-2-12-11(19)7(15)4-10(17)18/h5,7H,2-4H2,1H3,(H,12,19)(H,17,18)(H,13,14,16). The first kappa shape index (κ1) is 13.1. The highest BCUT2D eigenvalue weighted by molar-refractivity contribution is 5.90. The number of piperazine rings is 1. The number of rotatable bonds is 3. The van der Waals surface area contributed by atoms with E-state index in [0.717, 1.165) is 0 Å². The molecule has 1 aliphatic rings. The number of H-pyrrole nitrogens is 1. The summed E-state index contributed by atoms with van der Waals surface area (Å²) in [5, 5.41) is 11.5. The lowest BCUT2D eigenvalue weighted by Gasteiger charge is -2.35. The number of carboxylic acid groups (broad SMARTS) is 1. The summed E-state index contributed by atoms with van der Waals surface area (Å²) in [5.74, 6) is -0.702. The van der Waals surface area contributed by atoms with Gasteiger partial charge in [0.25, 0.3) is 5.56 Å². The number of carbonyl (C=O) groups excluding carboxylic acids is 1. The molecule has 0 aliphatic carbocycles. The quantitative estimate of drug-likeness (QED) is 0.637. The fourth-order valence-electron chi connectivity index (χ4n) is 2.07. The molecule has 1 fully saturated rings. The Morgan fingerprint density at radius 3 is 2.95 bits per heavy atom. The van der Waals surface area contributed by atoms with Crippen molar-refractivity contribution in [1.29, 1.82) is 0 Å². The third-order valence-electron chi connectivity index (χ3n) is 2.84. The molecule has 1 aromatic rings. The van der Waals surface area contributed by atoms with Crippen LogP contribution in [0.4, 0.5) is 5.82 Å². The molecule has 3 N–H and O–H groups in total. The molecule has 1 aromatic heterocycles. The number of nitrogens with one attached hydrogen (secondary N) is 2. The predicted octanol–water partition coefficient (Wildman–Crippen LogP) is -1.14. The van der Waals surface area contributed by atoms with Crippen molar-refractivity contribution in [2.24, 2.45) is 0 Å². The second kappa shape index (κ2) is 5.09. The molecule has 8 nitrogen and oxygen atoms in total. The SMILES string of the molecule is Cc1nc(N2CCNC(=O)C2CC(=O)O)cc(=O)[nH]1. The number of aromatic amines is 1. The largest absolute Gasteiger partial charge is 0.481 e. The molecule has 2 rings (SSSR count). The molecule has 2 heterocycles. The van der Waals surface area contributed by atoms with Gasteiger partial charge in [-0.1, -0.05) is 0 Å². The average molecular weight is 266 g/mol. The minimum Gasteiger partial charge on any atom is -0.481 e. The van der Waals surface area contributed by atoms with E-state index in [0.29, 0.717) is 24.7 Å². The highest BCUT2D eigenvalue weighted by Gasteiger charge is 2.32. The van der Waals surface area contributed by atoms with E-state index in [9.17, 15) is 14.4 Å². The topological polar surface area (TPSA) is 115 Å². The maximum atomic E-state index is 11.8. The number of carbonyl (C=O) groups is 2. The number of carboxylic acids is 1. The molecule has 1 amide bonds. The van der Waals surface area contributed by atoms with E-state index in [-0.39, 0.29) is 17.9 Å². The van der Waals surface area contributed by atoms with Crippen LogP contribution < -0.4 is 15.8 Å². The highest BCUT2D eigenvalue weighted by Crippen LogP contribution is 2.16. The number of hydrogen-bond donors (Lipinski definition) is 3. The number of nitrogens with zero attached hydrogens (tertiary/aromatic N) is 2. The molecule has 102 valence electrons. The normalized spacial score (nSPS) is 19.1.